The summed E-state index contributed by atoms with van der Waals surface area (Å²) < 4.78 is 5.33. The van der Waals surface area contributed by atoms with Crippen molar-refractivity contribution in [2.24, 2.45) is 0 Å². The lowest BCUT2D eigenvalue weighted by Crippen LogP contribution is -2.40. The van der Waals surface area contributed by atoms with Gasteiger partial charge >= 0.3 is 0 Å². The van der Waals surface area contributed by atoms with Gasteiger partial charge in [-0.1, -0.05) is 6.07 Å². The van der Waals surface area contributed by atoms with Crippen molar-refractivity contribution >= 4 is 28.8 Å². The van der Waals surface area contributed by atoms with Crippen LogP contribution in [0, 0.1) is 6.92 Å². The highest BCUT2D eigenvalue weighted by molar-refractivity contribution is 7.16. The van der Waals surface area contributed by atoms with E-state index in [-0.39, 0.29) is 17.6 Å². The van der Waals surface area contributed by atoms with Crippen molar-refractivity contribution in [1.29, 1.82) is 0 Å². The zero-order chi connectivity index (χ0) is 22.4. The molecule has 5 rings (SSSR count). The minimum Gasteiger partial charge on any atom is -0.508 e. The average Bonchev–Trinajstić information content (AvgIpc) is 3.44. The summed E-state index contributed by atoms with van der Waals surface area (Å²) in [6.45, 7) is 4.45. The van der Waals surface area contributed by atoms with E-state index in [1.54, 1.807) is 29.3 Å². The normalized spacial score (nSPS) is 15.5. The summed E-state index contributed by atoms with van der Waals surface area (Å²) in [5.74, 6) is -0.189. The van der Waals surface area contributed by atoms with Gasteiger partial charge in [0.25, 0.3) is 11.8 Å². The van der Waals surface area contributed by atoms with Gasteiger partial charge in [0.2, 0.25) is 0 Å². The fraction of sp³-hybridized carbons (Fsp3) is 0.261. The first-order chi connectivity index (χ1) is 15.4. The highest BCUT2D eigenvalue weighted by atomic mass is 32.1. The maximum Gasteiger partial charge on any atom is 0.265 e. The highest BCUT2D eigenvalue weighted by Crippen LogP contribution is 2.42. The third-order valence-electron chi connectivity index (χ3n) is 5.88. The number of aryl methyl sites for hydroxylation is 1. The monoisotopic (exact) mass is 450 g/mol. The number of nitrogens with zero attached hydrogens (tertiary/aromatic N) is 2. The Kier molecular flexibility index (Phi) is 5.07. The minimum atomic E-state index is -0.237. The number of nitrogen functional groups attached to an aromatic ring is 1. The van der Waals surface area contributed by atoms with E-state index in [1.165, 1.54) is 11.3 Å². The van der Waals surface area contributed by atoms with E-state index in [2.05, 4.69) is 10.3 Å². The first-order valence-electron chi connectivity index (χ1n) is 10.3. The van der Waals surface area contributed by atoms with Gasteiger partial charge in [0.15, 0.2) is 0 Å². The molecular formula is C23H22N4O4S. The first-order valence-corrected chi connectivity index (χ1v) is 11.1. The van der Waals surface area contributed by atoms with Crippen LogP contribution in [0.3, 0.4) is 0 Å². The predicted molar refractivity (Wildman–Crippen MR) is 122 cm³/mol. The number of benzene rings is 2. The smallest absolute Gasteiger partial charge is 0.265 e. The Morgan fingerprint density at radius 2 is 2.00 bits per heavy atom. The highest BCUT2D eigenvalue weighted by Gasteiger charge is 2.30. The second-order valence-corrected chi connectivity index (χ2v) is 8.89. The second kappa shape index (κ2) is 7.92. The molecule has 0 spiro atoms. The van der Waals surface area contributed by atoms with Crippen molar-refractivity contribution < 1.29 is 19.4 Å². The fourth-order valence-corrected chi connectivity index (χ4v) is 5.10. The second-order valence-electron chi connectivity index (χ2n) is 7.86. The van der Waals surface area contributed by atoms with Gasteiger partial charge in [-0.25, -0.2) is 4.98 Å². The van der Waals surface area contributed by atoms with Crippen molar-refractivity contribution in [1.82, 2.24) is 15.2 Å². The van der Waals surface area contributed by atoms with Crippen LogP contribution in [-0.2, 0) is 11.3 Å². The van der Waals surface area contributed by atoms with E-state index in [0.29, 0.717) is 59.5 Å². The summed E-state index contributed by atoms with van der Waals surface area (Å²) in [4.78, 5) is 32.3. The summed E-state index contributed by atoms with van der Waals surface area (Å²) in [5.41, 5.74) is 11.1. The average molecular weight is 451 g/mol. The van der Waals surface area contributed by atoms with Gasteiger partial charge in [0.1, 0.15) is 15.6 Å². The summed E-state index contributed by atoms with van der Waals surface area (Å²) in [6.07, 6.45) is 1.59. The lowest BCUT2D eigenvalue weighted by Gasteiger charge is -2.26. The van der Waals surface area contributed by atoms with Crippen LogP contribution in [0.5, 0.6) is 5.75 Å². The van der Waals surface area contributed by atoms with Gasteiger partial charge in [0, 0.05) is 30.8 Å². The number of amides is 2. The number of phenols is 1. The van der Waals surface area contributed by atoms with Crippen LogP contribution in [-0.4, -0.2) is 53.1 Å². The molecule has 1 aromatic heterocycles. The minimum absolute atomic E-state index is 0.0672. The maximum absolute atomic E-state index is 12.9. The standard InChI is InChI=1S/C23H22N4O4S/c1-12-2-3-13(28)8-14(12)15-9-16(17-10-25-21(29)19(17)20(15)24)22-26-11-18(32-22)23(30)27-4-6-31-7-5-27/h2-3,8-9,11,28H,4-7,10,24H2,1H3,(H,25,29). The summed E-state index contributed by atoms with van der Waals surface area (Å²) in [7, 11) is 0. The number of aromatic hydroxyl groups is 1. The molecule has 32 heavy (non-hydrogen) atoms. The zero-order valence-corrected chi connectivity index (χ0v) is 18.3. The van der Waals surface area contributed by atoms with Crippen molar-refractivity contribution in [3.8, 4) is 27.4 Å². The first kappa shape index (κ1) is 20.5. The van der Waals surface area contributed by atoms with Gasteiger partial charge in [-0.05, 0) is 41.8 Å². The number of hydrogen-bond donors (Lipinski definition) is 3. The molecule has 2 aliphatic rings. The maximum atomic E-state index is 12.9. The molecule has 9 heteroatoms. The zero-order valence-electron chi connectivity index (χ0n) is 17.5. The summed E-state index contributed by atoms with van der Waals surface area (Å²) in [6, 6.07) is 6.96. The molecule has 2 aromatic carbocycles. The molecular weight excluding hydrogens is 428 g/mol. The van der Waals surface area contributed by atoms with E-state index in [9.17, 15) is 14.7 Å². The van der Waals surface area contributed by atoms with Crippen LogP contribution < -0.4 is 11.1 Å². The number of nitrogens with two attached hydrogens (primary N) is 1. The molecule has 4 N–H and O–H groups in total. The Labute approximate surface area is 188 Å². The van der Waals surface area contributed by atoms with Crippen LogP contribution in [0.25, 0.3) is 21.7 Å². The molecule has 3 heterocycles. The van der Waals surface area contributed by atoms with E-state index < -0.39 is 0 Å². The Bertz CT molecular complexity index is 1250. The molecule has 164 valence electrons. The van der Waals surface area contributed by atoms with E-state index in [0.717, 1.165) is 22.3 Å². The van der Waals surface area contributed by atoms with E-state index in [4.69, 9.17) is 10.5 Å². The number of morpholine rings is 1. The number of anilines is 1. The third-order valence-corrected chi connectivity index (χ3v) is 6.90. The summed E-state index contributed by atoms with van der Waals surface area (Å²) in [5, 5.41) is 13.5. The topological polar surface area (TPSA) is 118 Å². The van der Waals surface area contributed by atoms with Crippen LogP contribution in [0.1, 0.15) is 31.2 Å². The quantitative estimate of drug-likeness (QED) is 0.528. The van der Waals surface area contributed by atoms with E-state index >= 15 is 0 Å². The molecule has 0 bridgehead atoms. The molecule has 2 aliphatic heterocycles. The van der Waals surface area contributed by atoms with Crippen LogP contribution in [0.2, 0.25) is 0 Å². The van der Waals surface area contributed by atoms with Crippen LogP contribution in [0.15, 0.2) is 30.5 Å². The van der Waals surface area contributed by atoms with Gasteiger partial charge in [0.05, 0.1) is 30.7 Å². The molecule has 8 nitrogen and oxygen atoms in total. The lowest BCUT2D eigenvalue weighted by molar-refractivity contribution is 0.0306. The molecule has 1 fully saturated rings. The number of carbonyl (C=O) groups is 2. The molecule has 0 aliphatic carbocycles. The van der Waals surface area contributed by atoms with Crippen LogP contribution >= 0.6 is 11.3 Å². The van der Waals surface area contributed by atoms with E-state index in [1.807, 2.05) is 13.0 Å². The van der Waals surface area contributed by atoms with Crippen molar-refractivity contribution in [3.63, 3.8) is 0 Å². The molecule has 0 atom stereocenters. The lowest BCUT2D eigenvalue weighted by atomic mass is 9.91. The van der Waals surface area contributed by atoms with Gasteiger partial charge < -0.3 is 25.8 Å². The number of phenolic OH excluding ortho intramolecular Hbond substituents is 1. The number of carbonyl (C=O) groups excluding carboxylic acids is 2. The summed E-state index contributed by atoms with van der Waals surface area (Å²) >= 11 is 1.30. The number of aromatic nitrogens is 1. The Hall–Kier alpha value is -3.43. The number of nitrogens with one attached hydrogen (secondary N) is 1. The van der Waals surface area contributed by atoms with Gasteiger partial charge in [-0.2, -0.15) is 0 Å². The Morgan fingerprint density at radius 1 is 1.22 bits per heavy atom. The Morgan fingerprint density at radius 3 is 2.78 bits per heavy atom. The number of hydrogen-bond acceptors (Lipinski definition) is 7. The number of fused-ring (bicyclic) bond motifs is 1. The molecule has 0 unspecified atom stereocenters. The molecule has 0 radical (unpaired) electrons. The fourth-order valence-electron chi connectivity index (χ4n) is 4.17. The van der Waals surface area contributed by atoms with Gasteiger partial charge in [-0.3, -0.25) is 9.59 Å². The van der Waals surface area contributed by atoms with Crippen LogP contribution in [0.4, 0.5) is 5.69 Å². The molecule has 3 aromatic rings. The van der Waals surface area contributed by atoms with Crippen molar-refractivity contribution in [3.05, 3.63) is 52.0 Å². The van der Waals surface area contributed by atoms with Gasteiger partial charge in [-0.15, -0.1) is 11.3 Å². The number of thiazole rings is 1. The largest absolute Gasteiger partial charge is 0.508 e. The number of ether oxygens (including phenoxy) is 1. The molecule has 1 saturated heterocycles. The van der Waals surface area contributed by atoms with Crippen molar-refractivity contribution in [2.75, 3.05) is 32.0 Å². The molecule has 0 saturated carbocycles. The third kappa shape index (κ3) is 3.39. The SMILES string of the molecule is Cc1ccc(O)cc1-c1cc(-c2ncc(C(=O)N3CCOCC3)s2)c2c(c1N)C(=O)NC2. The predicted octanol–water partition coefficient (Wildman–Crippen LogP) is 2.79. The van der Waals surface area contributed by atoms with Crippen molar-refractivity contribution in [2.45, 2.75) is 13.5 Å². The molecule has 2 amide bonds. The Balaban J connectivity index is 1.62. The number of rotatable bonds is 3.